The van der Waals surface area contributed by atoms with Crippen LogP contribution >= 0.6 is 23.1 Å². The molecule has 0 spiro atoms. The van der Waals surface area contributed by atoms with Gasteiger partial charge in [-0.1, -0.05) is 0 Å². The lowest BCUT2D eigenvalue weighted by molar-refractivity contribution is -0.135. The molecule has 94 valence electrons. The van der Waals surface area contributed by atoms with E-state index in [1.807, 2.05) is 17.5 Å². The third-order valence-corrected chi connectivity index (χ3v) is 4.56. The Morgan fingerprint density at radius 2 is 2.21 bits per heavy atom. The van der Waals surface area contributed by atoms with E-state index in [9.17, 15) is 4.79 Å². The van der Waals surface area contributed by atoms with Crippen LogP contribution in [0.4, 0.5) is 0 Å². The smallest absolute Gasteiger partial charge is 0.312 e. The molecule has 19 heavy (non-hydrogen) atoms. The first-order chi connectivity index (χ1) is 9.33. The number of ether oxygens (including phenoxy) is 1. The lowest BCUT2D eigenvalue weighted by Gasteiger charge is -2.23. The molecule has 4 rings (SSSR count). The monoisotopic (exact) mass is 288 g/mol. The molecule has 1 unspecified atom stereocenters. The van der Waals surface area contributed by atoms with Crippen LogP contribution in [0.5, 0.6) is 5.75 Å². The molecule has 3 heterocycles. The van der Waals surface area contributed by atoms with Gasteiger partial charge in [0.25, 0.3) is 0 Å². The normalized spacial score (nSPS) is 18.3. The molecule has 1 atom stereocenters. The van der Waals surface area contributed by atoms with E-state index in [0.29, 0.717) is 12.2 Å². The second-order valence-electron chi connectivity index (χ2n) is 4.40. The standard InChI is InChI=1S/C13H8N2O2S2/c16-11-5-8(7-3-4-18-6-7)12-10(17-11)2-1-9-13(12)15-19-14-9/h1-4,6,8H,5H2. The van der Waals surface area contributed by atoms with Crippen molar-refractivity contribution in [3.63, 3.8) is 0 Å². The van der Waals surface area contributed by atoms with Gasteiger partial charge in [-0.15, -0.1) is 0 Å². The van der Waals surface area contributed by atoms with E-state index in [1.165, 1.54) is 11.7 Å². The number of thiophene rings is 1. The fourth-order valence-corrected chi connectivity index (χ4v) is 3.73. The van der Waals surface area contributed by atoms with Crippen molar-refractivity contribution in [3.8, 4) is 5.75 Å². The molecular weight excluding hydrogens is 280 g/mol. The zero-order valence-electron chi connectivity index (χ0n) is 9.70. The maximum absolute atomic E-state index is 11.8. The number of esters is 1. The molecule has 0 saturated carbocycles. The highest BCUT2D eigenvalue weighted by atomic mass is 32.1. The maximum atomic E-state index is 11.8. The van der Waals surface area contributed by atoms with Crippen LogP contribution in [0.3, 0.4) is 0 Å². The summed E-state index contributed by atoms with van der Waals surface area (Å²) < 4.78 is 14.0. The number of rotatable bonds is 1. The summed E-state index contributed by atoms with van der Waals surface area (Å²) in [6.07, 6.45) is 0.361. The summed E-state index contributed by atoms with van der Waals surface area (Å²) in [5.41, 5.74) is 3.85. The Morgan fingerprint density at radius 3 is 3.05 bits per heavy atom. The van der Waals surface area contributed by atoms with Gasteiger partial charge in [0, 0.05) is 11.5 Å². The number of fused-ring (bicyclic) bond motifs is 3. The summed E-state index contributed by atoms with van der Waals surface area (Å²) in [6, 6.07) is 5.72. The zero-order valence-corrected chi connectivity index (χ0v) is 11.3. The summed E-state index contributed by atoms with van der Waals surface area (Å²) in [5, 5.41) is 4.10. The van der Waals surface area contributed by atoms with E-state index in [0.717, 1.165) is 22.2 Å². The largest absolute Gasteiger partial charge is 0.426 e. The van der Waals surface area contributed by atoms with Gasteiger partial charge in [0.2, 0.25) is 0 Å². The van der Waals surface area contributed by atoms with Crippen LogP contribution in [-0.4, -0.2) is 14.7 Å². The SMILES string of the molecule is O=C1CC(c2ccsc2)c2c(ccc3nsnc23)O1. The molecule has 4 nitrogen and oxygen atoms in total. The van der Waals surface area contributed by atoms with Gasteiger partial charge < -0.3 is 4.74 Å². The lowest BCUT2D eigenvalue weighted by atomic mass is 9.87. The van der Waals surface area contributed by atoms with Gasteiger partial charge in [0.1, 0.15) is 16.8 Å². The molecule has 2 aromatic heterocycles. The lowest BCUT2D eigenvalue weighted by Crippen LogP contribution is -2.21. The minimum absolute atomic E-state index is 0.0232. The maximum Gasteiger partial charge on any atom is 0.312 e. The zero-order chi connectivity index (χ0) is 12.8. The molecule has 0 radical (unpaired) electrons. The first kappa shape index (κ1) is 11.1. The fourth-order valence-electron chi connectivity index (χ4n) is 2.47. The van der Waals surface area contributed by atoms with Gasteiger partial charge in [-0.2, -0.15) is 20.1 Å². The predicted molar refractivity (Wildman–Crippen MR) is 73.8 cm³/mol. The van der Waals surface area contributed by atoms with E-state index in [4.69, 9.17) is 4.74 Å². The van der Waals surface area contributed by atoms with E-state index in [2.05, 4.69) is 20.2 Å². The second-order valence-corrected chi connectivity index (χ2v) is 5.71. The van der Waals surface area contributed by atoms with E-state index >= 15 is 0 Å². The number of nitrogens with zero attached hydrogens (tertiary/aromatic N) is 2. The Kier molecular flexibility index (Phi) is 2.39. The van der Waals surface area contributed by atoms with Crippen molar-refractivity contribution in [1.82, 2.24) is 8.75 Å². The second kappa shape index (κ2) is 4.11. The van der Waals surface area contributed by atoms with Crippen molar-refractivity contribution in [2.75, 3.05) is 0 Å². The summed E-state index contributed by atoms with van der Waals surface area (Å²) in [7, 11) is 0. The summed E-state index contributed by atoms with van der Waals surface area (Å²) >= 11 is 2.82. The molecule has 1 aliphatic rings. The van der Waals surface area contributed by atoms with Crippen LogP contribution in [0.15, 0.2) is 29.0 Å². The van der Waals surface area contributed by atoms with Gasteiger partial charge in [-0.05, 0) is 34.5 Å². The van der Waals surface area contributed by atoms with Gasteiger partial charge in [0.05, 0.1) is 18.1 Å². The predicted octanol–water partition coefficient (Wildman–Crippen LogP) is 3.19. The average Bonchev–Trinajstić information content (AvgIpc) is 3.08. The van der Waals surface area contributed by atoms with Gasteiger partial charge >= 0.3 is 5.97 Å². The molecule has 0 aliphatic carbocycles. The van der Waals surface area contributed by atoms with Crippen molar-refractivity contribution in [2.24, 2.45) is 0 Å². The molecule has 0 N–H and O–H groups in total. The van der Waals surface area contributed by atoms with Crippen LogP contribution in [0.2, 0.25) is 0 Å². The van der Waals surface area contributed by atoms with Crippen LogP contribution in [0, 0.1) is 0 Å². The van der Waals surface area contributed by atoms with Gasteiger partial charge in [-0.25, -0.2) is 0 Å². The summed E-state index contributed by atoms with van der Waals surface area (Å²) in [4.78, 5) is 11.8. The average molecular weight is 288 g/mol. The van der Waals surface area contributed by atoms with Crippen molar-refractivity contribution in [1.29, 1.82) is 0 Å². The molecule has 0 fully saturated rings. The highest BCUT2D eigenvalue weighted by Crippen LogP contribution is 2.42. The van der Waals surface area contributed by atoms with Crippen molar-refractivity contribution in [3.05, 3.63) is 40.1 Å². The minimum atomic E-state index is -0.189. The van der Waals surface area contributed by atoms with Crippen LogP contribution in [-0.2, 0) is 4.79 Å². The molecule has 3 aromatic rings. The van der Waals surface area contributed by atoms with E-state index in [1.54, 1.807) is 11.3 Å². The fraction of sp³-hybridized carbons (Fsp3) is 0.154. The summed E-state index contributed by atoms with van der Waals surface area (Å²) in [5.74, 6) is 0.453. The summed E-state index contributed by atoms with van der Waals surface area (Å²) in [6.45, 7) is 0. The first-order valence-corrected chi connectivity index (χ1v) is 7.48. The molecule has 0 bridgehead atoms. The number of benzene rings is 1. The Bertz CT molecular complexity index is 764. The Labute approximate surface area is 117 Å². The molecule has 0 amide bonds. The number of aromatic nitrogens is 2. The Hall–Kier alpha value is -1.79. The Balaban J connectivity index is 2.01. The highest BCUT2D eigenvalue weighted by Gasteiger charge is 2.31. The quantitative estimate of drug-likeness (QED) is 0.510. The van der Waals surface area contributed by atoms with E-state index < -0.39 is 0 Å². The molecular formula is C13H8N2O2S2. The molecule has 1 aliphatic heterocycles. The topological polar surface area (TPSA) is 52.1 Å². The Morgan fingerprint density at radius 1 is 1.26 bits per heavy atom. The van der Waals surface area contributed by atoms with Crippen LogP contribution in [0.25, 0.3) is 11.0 Å². The van der Waals surface area contributed by atoms with E-state index in [-0.39, 0.29) is 11.9 Å². The molecule has 6 heteroatoms. The third kappa shape index (κ3) is 1.67. The van der Waals surface area contributed by atoms with Gasteiger partial charge in [0.15, 0.2) is 0 Å². The molecule has 0 saturated heterocycles. The highest BCUT2D eigenvalue weighted by molar-refractivity contribution is 7.08. The van der Waals surface area contributed by atoms with Crippen LogP contribution < -0.4 is 4.74 Å². The molecule has 1 aromatic carbocycles. The number of hydrogen-bond donors (Lipinski definition) is 0. The number of carbonyl (C=O) groups excluding carboxylic acids is 1. The van der Waals surface area contributed by atoms with Gasteiger partial charge in [-0.3, -0.25) is 4.79 Å². The third-order valence-electron chi connectivity index (χ3n) is 3.32. The first-order valence-electron chi connectivity index (χ1n) is 5.81. The van der Waals surface area contributed by atoms with Crippen molar-refractivity contribution < 1.29 is 9.53 Å². The van der Waals surface area contributed by atoms with Crippen molar-refractivity contribution >= 4 is 40.1 Å². The number of hydrogen-bond acceptors (Lipinski definition) is 6. The number of carbonyl (C=O) groups is 1. The minimum Gasteiger partial charge on any atom is -0.426 e. The van der Waals surface area contributed by atoms with Crippen LogP contribution in [0.1, 0.15) is 23.5 Å². The van der Waals surface area contributed by atoms with Crippen molar-refractivity contribution in [2.45, 2.75) is 12.3 Å².